The van der Waals surface area contributed by atoms with Gasteiger partial charge in [0, 0.05) is 4.88 Å². The van der Waals surface area contributed by atoms with Gasteiger partial charge < -0.3 is 5.32 Å². The van der Waals surface area contributed by atoms with Crippen LogP contribution in [0.25, 0.3) is 0 Å². The van der Waals surface area contributed by atoms with Crippen molar-refractivity contribution >= 4 is 17.2 Å². The van der Waals surface area contributed by atoms with Crippen LogP contribution in [0.1, 0.15) is 33.5 Å². The van der Waals surface area contributed by atoms with Crippen LogP contribution in [0.2, 0.25) is 0 Å². The summed E-state index contributed by atoms with van der Waals surface area (Å²) >= 11 is 1.73. The van der Waals surface area contributed by atoms with Crippen molar-refractivity contribution in [2.24, 2.45) is 0 Å². The number of amides is 1. The van der Waals surface area contributed by atoms with Crippen molar-refractivity contribution in [3.8, 4) is 0 Å². The normalized spacial score (nSPS) is 17.0. The predicted molar refractivity (Wildman–Crippen MR) is 85.4 cm³/mol. The molecule has 0 saturated carbocycles. The minimum absolute atomic E-state index is 0.148. The minimum Gasteiger partial charge on any atom is -0.346 e. The lowest BCUT2D eigenvalue weighted by molar-refractivity contribution is -0.116. The maximum absolute atomic E-state index is 11.2. The highest BCUT2D eigenvalue weighted by Crippen LogP contribution is 2.35. The molecule has 1 aromatic heterocycles. The van der Waals surface area contributed by atoms with Gasteiger partial charge in [-0.25, -0.2) is 4.98 Å². The molecule has 0 radical (unpaired) electrons. The van der Waals surface area contributed by atoms with Crippen LogP contribution in [0.3, 0.4) is 0 Å². The Morgan fingerprint density at radius 1 is 1.43 bits per heavy atom. The van der Waals surface area contributed by atoms with Crippen molar-refractivity contribution in [1.82, 2.24) is 10.3 Å². The minimum atomic E-state index is -0.148. The predicted octanol–water partition coefficient (Wildman–Crippen LogP) is 3.22. The molecule has 0 spiro atoms. The number of nitrogens with one attached hydrogen (secondary N) is 1. The molecule has 108 valence electrons. The number of nitrogens with zero attached hydrogens (tertiary/aromatic N) is 1. The fourth-order valence-corrected chi connectivity index (χ4v) is 3.88. The van der Waals surface area contributed by atoms with Crippen molar-refractivity contribution in [2.45, 2.75) is 31.7 Å². The second kappa shape index (κ2) is 6.22. The van der Waals surface area contributed by atoms with E-state index in [1.807, 2.05) is 0 Å². The summed E-state index contributed by atoms with van der Waals surface area (Å²) in [7, 11) is 0. The number of thiazole rings is 1. The van der Waals surface area contributed by atoms with E-state index in [4.69, 9.17) is 0 Å². The number of benzene rings is 1. The monoisotopic (exact) mass is 298 g/mol. The molecule has 1 aliphatic rings. The topological polar surface area (TPSA) is 42.0 Å². The summed E-state index contributed by atoms with van der Waals surface area (Å²) in [5.74, 6) is 0.445. The number of fused-ring (bicyclic) bond motifs is 1. The van der Waals surface area contributed by atoms with Crippen molar-refractivity contribution in [1.29, 1.82) is 0 Å². The molecule has 4 heteroatoms. The second-order valence-electron chi connectivity index (χ2n) is 5.25. The Bertz CT molecular complexity index is 648. The summed E-state index contributed by atoms with van der Waals surface area (Å²) in [6.07, 6.45) is 4.53. The lowest BCUT2D eigenvalue weighted by Gasteiger charge is -2.21. The van der Waals surface area contributed by atoms with E-state index in [0.29, 0.717) is 12.5 Å². The van der Waals surface area contributed by atoms with Crippen LogP contribution in [0, 0.1) is 0 Å². The third kappa shape index (κ3) is 3.22. The molecule has 1 heterocycles. The third-order valence-electron chi connectivity index (χ3n) is 3.85. The van der Waals surface area contributed by atoms with Gasteiger partial charge in [-0.15, -0.1) is 11.3 Å². The van der Waals surface area contributed by atoms with E-state index < -0.39 is 0 Å². The Balaban J connectivity index is 1.70. The van der Waals surface area contributed by atoms with Crippen LogP contribution in [0.15, 0.2) is 43.0 Å². The first kappa shape index (κ1) is 14.0. The van der Waals surface area contributed by atoms with Crippen molar-refractivity contribution in [2.75, 3.05) is 0 Å². The summed E-state index contributed by atoms with van der Waals surface area (Å²) in [5, 5.41) is 3.78. The van der Waals surface area contributed by atoms with Gasteiger partial charge in [0.25, 0.3) is 0 Å². The lowest BCUT2D eigenvalue weighted by Crippen LogP contribution is -2.19. The SMILES string of the molecule is C=CC(=O)NCc1nc2c(s1)CC(c1ccccc1)CC2. The molecule has 1 aliphatic carbocycles. The molecule has 0 aliphatic heterocycles. The van der Waals surface area contributed by atoms with Gasteiger partial charge in [0.2, 0.25) is 5.91 Å². The van der Waals surface area contributed by atoms with E-state index in [9.17, 15) is 4.79 Å². The van der Waals surface area contributed by atoms with Crippen LogP contribution in [-0.2, 0) is 24.2 Å². The molecular formula is C17H18N2OS. The zero-order valence-electron chi connectivity index (χ0n) is 11.8. The standard InChI is InChI=1S/C17H18N2OS/c1-2-16(20)18-11-17-19-14-9-8-13(10-15(14)21-17)12-6-4-3-5-7-12/h2-7,13H,1,8-11H2,(H,18,20). The summed E-state index contributed by atoms with van der Waals surface area (Å²) in [4.78, 5) is 17.2. The lowest BCUT2D eigenvalue weighted by atomic mass is 9.85. The summed E-state index contributed by atoms with van der Waals surface area (Å²) in [5.41, 5.74) is 2.63. The summed E-state index contributed by atoms with van der Waals surface area (Å²) < 4.78 is 0. The fourth-order valence-electron chi connectivity index (χ4n) is 2.75. The molecule has 2 aromatic rings. The summed E-state index contributed by atoms with van der Waals surface area (Å²) in [6, 6.07) is 10.7. The highest BCUT2D eigenvalue weighted by molar-refractivity contribution is 7.11. The first-order valence-corrected chi connectivity index (χ1v) is 8.00. The molecule has 0 saturated heterocycles. The van der Waals surface area contributed by atoms with Gasteiger partial charge in [0.1, 0.15) is 5.01 Å². The largest absolute Gasteiger partial charge is 0.346 e. The van der Waals surface area contributed by atoms with Gasteiger partial charge in [0.05, 0.1) is 12.2 Å². The smallest absolute Gasteiger partial charge is 0.243 e. The molecule has 1 aromatic carbocycles. The average Bonchev–Trinajstić information content (AvgIpc) is 2.95. The van der Waals surface area contributed by atoms with E-state index in [0.717, 1.165) is 24.3 Å². The highest BCUT2D eigenvalue weighted by Gasteiger charge is 2.23. The molecular weight excluding hydrogens is 280 g/mol. The highest BCUT2D eigenvalue weighted by atomic mass is 32.1. The van der Waals surface area contributed by atoms with Crippen LogP contribution >= 0.6 is 11.3 Å². The maximum atomic E-state index is 11.2. The Labute approximate surface area is 128 Å². The first-order valence-electron chi connectivity index (χ1n) is 7.19. The van der Waals surface area contributed by atoms with Crippen LogP contribution < -0.4 is 5.32 Å². The Hall–Kier alpha value is -1.94. The number of carbonyl (C=O) groups is 1. The van der Waals surface area contributed by atoms with Gasteiger partial charge in [-0.05, 0) is 36.8 Å². The van der Waals surface area contributed by atoms with E-state index in [2.05, 4.69) is 47.2 Å². The molecule has 1 N–H and O–H groups in total. The van der Waals surface area contributed by atoms with Gasteiger partial charge in [-0.3, -0.25) is 4.79 Å². The van der Waals surface area contributed by atoms with E-state index in [1.54, 1.807) is 11.3 Å². The third-order valence-corrected chi connectivity index (χ3v) is 4.97. The Morgan fingerprint density at radius 2 is 2.24 bits per heavy atom. The number of hydrogen-bond donors (Lipinski definition) is 1. The van der Waals surface area contributed by atoms with Crippen molar-refractivity contribution in [3.63, 3.8) is 0 Å². The molecule has 3 rings (SSSR count). The average molecular weight is 298 g/mol. The molecule has 3 nitrogen and oxygen atoms in total. The molecule has 0 fully saturated rings. The molecule has 1 amide bonds. The molecule has 1 atom stereocenters. The fraction of sp³-hybridized carbons (Fsp3) is 0.294. The molecule has 1 unspecified atom stereocenters. The number of carbonyl (C=O) groups excluding carboxylic acids is 1. The Kier molecular flexibility index (Phi) is 4.15. The van der Waals surface area contributed by atoms with Gasteiger partial charge in [-0.2, -0.15) is 0 Å². The Morgan fingerprint density at radius 3 is 3.00 bits per heavy atom. The maximum Gasteiger partial charge on any atom is 0.243 e. The van der Waals surface area contributed by atoms with Gasteiger partial charge in [0.15, 0.2) is 0 Å². The zero-order valence-corrected chi connectivity index (χ0v) is 12.7. The van der Waals surface area contributed by atoms with E-state index in [-0.39, 0.29) is 5.91 Å². The number of aryl methyl sites for hydroxylation is 1. The van der Waals surface area contributed by atoms with E-state index >= 15 is 0 Å². The number of hydrogen-bond acceptors (Lipinski definition) is 3. The first-order chi connectivity index (χ1) is 10.3. The van der Waals surface area contributed by atoms with Crippen LogP contribution in [0.4, 0.5) is 0 Å². The number of aromatic nitrogens is 1. The van der Waals surface area contributed by atoms with Crippen LogP contribution in [0.5, 0.6) is 0 Å². The van der Waals surface area contributed by atoms with E-state index in [1.165, 1.54) is 22.2 Å². The van der Waals surface area contributed by atoms with Gasteiger partial charge in [-0.1, -0.05) is 36.9 Å². The zero-order chi connectivity index (χ0) is 14.7. The molecule has 0 bridgehead atoms. The molecule has 21 heavy (non-hydrogen) atoms. The summed E-state index contributed by atoms with van der Waals surface area (Å²) in [6.45, 7) is 3.95. The van der Waals surface area contributed by atoms with Gasteiger partial charge >= 0.3 is 0 Å². The van der Waals surface area contributed by atoms with Crippen LogP contribution in [-0.4, -0.2) is 10.9 Å². The van der Waals surface area contributed by atoms with Crippen molar-refractivity contribution in [3.05, 3.63) is 64.1 Å². The quantitative estimate of drug-likeness (QED) is 0.881. The van der Waals surface area contributed by atoms with Crippen molar-refractivity contribution < 1.29 is 4.79 Å². The number of rotatable bonds is 4. The second-order valence-corrected chi connectivity index (χ2v) is 6.42.